The highest BCUT2D eigenvalue weighted by Crippen LogP contribution is 2.43. The number of anilines is 2. The summed E-state index contributed by atoms with van der Waals surface area (Å²) >= 11 is 8.23. The van der Waals surface area contributed by atoms with E-state index in [1.54, 1.807) is 6.20 Å². The minimum atomic E-state index is -0.152. The molecule has 3 fully saturated rings. The largest absolute Gasteiger partial charge is 0.390 e. The van der Waals surface area contributed by atoms with E-state index in [-0.39, 0.29) is 6.61 Å². The molecule has 0 radical (unpaired) electrons. The summed E-state index contributed by atoms with van der Waals surface area (Å²) in [4.78, 5) is 19.5. The number of aliphatic hydroxyl groups excluding tert-OH is 1. The molecule has 5 rings (SSSR count). The highest BCUT2D eigenvalue weighted by Gasteiger charge is 2.41. The second kappa shape index (κ2) is 10.1. The maximum Gasteiger partial charge on any atom is 0.153 e. The summed E-state index contributed by atoms with van der Waals surface area (Å²) in [5, 5.41) is 11.5. The Hall–Kier alpha value is -1.65. The molecule has 3 aliphatic heterocycles. The lowest BCUT2D eigenvalue weighted by Gasteiger charge is -2.39. The summed E-state index contributed by atoms with van der Waals surface area (Å²) in [5.74, 6) is 1.56. The van der Waals surface area contributed by atoms with Gasteiger partial charge in [0.2, 0.25) is 0 Å². The molecule has 3 saturated heterocycles. The lowest BCUT2D eigenvalue weighted by molar-refractivity contribution is 0.0975. The third kappa shape index (κ3) is 4.86. The number of hydrogen-bond donors (Lipinski definition) is 1. The first-order chi connectivity index (χ1) is 16.5. The average Bonchev–Trinajstić information content (AvgIpc) is 3.22. The van der Waals surface area contributed by atoms with Crippen LogP contribution < -0.4 is 9.80 Å². The summed E-state index contributed by atoms with van der Waals surface area (Å²) in [5.41, 5.74) is 1.74. The van der Waals surface area contributed by atoms with Gasteiger partial charge in [0, 0.05) is 37.3 Å². The molecule has 0 amide bonds. The van der Waals surface area contributed by atoms with Crippen LogP contribution in [0.25, 0.3) is 0 Å². The van der Waals surface area contributed by atoms with E-state index in [1.165, 1.54) is 11.8 Å². The highest BCUT2D eigenvalue weighted by atomic mass is 35.5. The molecule has 34 heavy (non-hydrogen) atoms. The second-order valence-electron chi connectivity index (χ2n) is 9.50. The summed E-state index contributed by atoms with van der Waals surface area (Å²) in [7, 11) is 0. The van der Waals surface area contributed by atoms with Crippen molar-refractivity contribution in [1.82, 2.24) is 15.0 Å². The van der Waals surface area contributed by atoms with Crippen molar-refractivity contribution in [3.63, 3.8) is 0 Å². The molecule has 0 aromatic carbocycles. The van der Waals surface area contributed by atoms with Gasteiger partial charge in [-0.3, -0.25) is 0 Å². The summed E-state index contributed by atoms with van der Waals surface area (Å²) in [6, 6.07) is 1.90. The van der Waals surface area contributed by atoms with Crippen LogP contribution in [-0.2, 0) is 16.1 Å². The van der Waals surface area contributed by atoms with E-state index in [0.29, 0.717) is 35.4 Å². The molecule has 0 unspecified atom stereocenters. The quantitative estimate of drug-likeness (QED) is 0.653. The molecule has 1 N–H and O–H groups in total. The van der Waals surface area contributed by atoms with Gasteiger partial charge >= 0.3 is 0 Å². The van der Waals surface area contributed by atoms with Crippen molar-refractivity contribution < 1.29 is 14.6 Å². The lowest BCUT2D eigenvalue weighted by atomic mass is 9.77. The van der Waals surface area contributed by atoms with Gasteiger partial charge in [-0.1, -0.05) is 23.4 Å². The van der Waals surface area contributed by atoms with Gasteiger partial charge in [0.25, 0.3) is 0 Å². The number of aliphatic hydroxyl groups is 1. The van der Waals surface area contributed by atoms with Crippen molar-refractivity contribution in [2.75, 3.05) is 55.8 Å². The zero-order valence-corrected chi connectivity index (χ0v) is 21.4. The Bertz CT molecular complexity index is 1030. The predicted octanol–water partition coefficient (Wildman–Crippen LogP) is 3.71. The van der Waals surface area contributed by atoms with Crippen LogP contribution in [0.3, 0.4) is 0 Å². The van der Waals surface area contributed by atoms with Gasteiger partial charge in [-0.25, -0.2) is 15.0 Å². The first-order valence-corrected chi connectivity index (χ1v) is 13.2. The summed E-state index contributed by atoms with van der Waals surface area (Å²) in [6.07, 6.45) is 5.42. The smallest absolute Gasteiger partial charge is 0.153 e. The van der Waals surface area contributed by atoms with E-state index < -0.39 is 0 Å². The van der Waals surface area contributed by atoms with Crippen LogP contribution >= 0.6 is 23.4 Å². The molecular formula is C24H32ClN5O3S. The van der Waals surface area contributed by atoms with E-state index in [2.05, 4.69) is 21.7 Å². The van der Waals surface area contributed by atoms with Crippen molar-refractivity contribution in [1.29, 1.82) is 0 Å². The Morgan fingerprint density at radius 2 is 1.88 bits per heavy atom. The van der Waals surface area contributed by atoms with Gasteiger partial charge < -0.3 is 24.4 Å². The number of nitrogens with zero attached hydrogens (tertiary/aromatic N) is 5. The van der Waals surface area contributed by atoms with Crippen LogP contribution in [-0.4, -0.2) is 72.2 Å². The maximum absolute atomic E-state index is 10.1. The van der Waals surface area contributed by atoms with Crippen LogP contribution in [0.15, 0.2) is 22.2 Å². The van der Waals surface area contributed by atoms with Crippen molar-refractivity contribution in [2.24, 2.45) is 5.41 Å². The molecule has 2 aromatic heterocycles. The third-order valence-electron chi connectivity index (χ3n) is 7.10. The van der Waals surface area contributed by atoms with E-state index in [1.807, 2.05) is 13.0 Å². The zero-order valence-electron chi connectivity index (χ0n) is 19.8. The molecule has 184 valence electrons. The standard InChI is InChI=1S/C24H32ClN5O3S/c1-16-13-24(15-33-16)4-7-29(8-5-24)21-18(14-31)28-23(17(2)27-21)34-19-3-6-26-22(20(19)25)30-9-11-32-12-10-30/h3,6,16,31H,4-5,7-15H2,1-2H3/t16-/m0/s1. The monoisotopic (exact) mass is 505 g/mol. The van der Waals surface area contributed by atoms with E-state index in [0.717, 1.165) is 79.3 Å². The predicted molar refractivity (Wildman–Crippen MR) is 133 cm³/mol. The van der Waals surface area contributed by atoms with E-state index in [9.17, 15) is 5.11 Å². The van der Waals surface area contributed by atoms with Crippen molar-refractivity contribution in [2.45, 2.75) is 55.7 Å². The molecule has 10 heteroatoms. The molecule has 5 heterocycles. The van der Waals surface area contributed by atoms with Gasteiger partial charge in [-0.05, 0) is 44.6 Å². The average molecular weight is 506 g/mol. The van der Waals surface area contributed by atoms with Crippen LogP contribution in [0.5, 0.6) is 0 Å². The minimum absolute atomic E-state index is 0.152. The van der Waals surface area contributed by atoms with Crippen molar-refractivity contribution in [3.05, 3.63) is 28.7 Å². The number of hydrogen-bond acceptors (Lipinski definition) is 9. The Labute approximate surface area is 210 Å². The van der Waals surface area contributed by atoms with Gasteiger partial charge in [0.15, 0.2) is 5.82 Å². The third-order valence-corrected chi connectivity index (χ3v) is 8.72. The fourth-order valence-electron chi connectivity index (χ4n) is 5.16. The number of morpholine rings is 1. The first-order valence-electron chi connectivity index (χ1n) is 12.0. The molecule has 0 saturated carbocycles. The Balaban J connectivity index is 1.34. The minimum Gasteiger partial charge on any atom is -0.390 e. The number of piperidine rings is 1. The highest BCUT2D eigenvalue weighted by molar-refractivity contribution is 7.99. The number of pyridine rings is 1. The fourth-order valence-corrected chi connectivity index (χ4v) is 6.38. The fraction of sp³-hybridized carbons (Fsp3) is 0.625. The molecular weight excluding hydrogens is 474 g/mol. The van der Waals surface area contributed by atoms with Gasteiger partial charge in [0.05, 0.1) is 43.2 Å². The van der Waals surface area contributed by atoms with E-state index in [4.69, 9.17) is 31.0 Å². The number of aryl methyl sites for hydroxylation is 1. The molecule has 2 aromatic rings. The molecule has 8 nitrogen and oxygen atoms in total. The number of aromatic nitrogens is 3. The molecule has 1 atom stereocenters. The van der Waals surface area contributed by atoms with Crippen LogP contribution in [0.4, 0.5) is 11.6 Å². The van der Waals surface area contributed by atoms with Gasteiger partial charge in [-0.2, -0.15) is 0 Å². The first kappa shape index (κ1) is 24.1. The van der Waals surface area contributed by atoms with Gasteiger partial charge in [-0.15, -0.1) is 0 Å². The Morgan fingerprint density at radius 3 is 2.56 bits per heavy atom. The van der Waals surface area contributed by atoms with Crippen LogP contribution in [0.2, 0.25) is 5.02 Å². The van der Waals surface area contributed by atoms with Gasteiger partial charge in [0.1, 0.15) is 16.5 Å². The van der Waals surface area contributed by atoms with E-state index >= 15 is 0 Å². The normalized spacial score (nSPS) is 22.5. The van der Waals surface area contributed by atoms with Crippen LogP contribution in [0, 0.1) is 12.3 Å². The number of halogens is 1. The SMILES string of the molecule is Cc1nc(N2CCC3(CC2)CO[C@@H](C)C3)c(CO)nc1Sc1ccnc(N2CCOCC2)c1Cl. The maximum atomic E-state index is 10.1. The number of ether oxygens (including phenoxy) is 2. The molecule has 0 bridgehead atoms. The Kier molecular flexibility index (Phi) is 7.18. The second-order valence-corrected chi connectivity index (χ2v) is 10.9. The van der Waals surface area contributed by atoms with Crippen molar-refractivity contribution >= 4 is 35.0 Å². The molecule has 3 aliphatic rings. The van der Waals surface area contributed by atoms with Crippen molar-refractivity contribution in [3.8, 4) is 0 Å². The topological polar surface area (TPSA) is 83.8 Å². The zero-order chi connectivity index (χ0) is 23.7. The molecule has 0 aliphatic carbocycles. The summed E-state index contributed by atoms with van der Waals surface area (Å²) in [6.45, 7) is 9.53. The van der Waals surface area contributed by atoms with Crippen LogP contribution in [0.1, 0.15) is 37.6 Å². The lowest BCUT2D eigenvalue weighted by Crippen LogP contribution is -2.41. The number of rotatable bonds is 5. The Morgan fingerprint density at radius 1 is 1.15 bits per heavy atom. The molecule has 1 spiro atoms. The summed E-state index contributed by atoms with van der Waals surface area (Å²) < 4.78 is 11.3.